The quantitative estimate of drug-likeness (QED) is 0.508. The van der Waals surface area contributed by atoms with Gasteiger partial charge in [-0.25, -0.2) is 0 Å². The van der Waals surface area contributed by atoms with Gasteiger partial charge in [0.2, 0.25) is 5.91 Å². The van der Waals surface area contributed by atoms with Crippen LogP contribution in [0.3, 0.4) is 0 Å². The zero-order valence-electron chi connectivity index (χ0n) is 18.8. The van der Waals surface area contributed by atoms with Crippen molar-refractivity contribution in [1.82, 2.24) is 10.2 Å². The third-order valence-corrected chi connectivity index (χ3v) is 6.97. The molecule has 10 heteroatoms. The minimum Gasteiger partial charge on any atom is -0.352 e. The molecular weight excluding hydrogens is 460 g/mol. The number of alkyl halides is 6. The lowest BCUT2D eigenvalue weighted by Crippen LogP contribution is -2.38. The molecular formula is C24H29F6N3O. The minimum atomic E-state index is -4.83. The van der Waals surface area contributed by atoms with Crippen LogP contribution in [0.15, 0.2) is 18.2 Å². The van der Waals surface area contributed by atoms with E-state index in [1.54, 1.807) is 0 Å². The van der Waals surface area contributed by atoms with Crippen LogP contribution in [-0.2, 0) is 17.1 Å². The lowest BCUT2D eigenvalue weighted by Gasteiger charge is -2.35. The van der Waals surface area contributed by atoms with E-state index < -0.39 is 23.5 Å². The van der Waals surface area contributed by atoms with Crippen LogP contribution in [-0.4, -0.2) is 36.5 Å². The first-order chi connectivity index (χ1) is 16.0. The van der Waals surface area contributed by atoms with Crippen molar-refractivity contribution in [3.63, 3.8) is 0 Å². The Bertz CT molecular complexity index is 844. The van der Waals surface area contributed by atoms with E-state index in [-0.39, 0.29) is 35.9 Å². The number of benzene rings is 1. The third-order valence-electron chi connectivity index (χ3n) is 6.97. The molecule has 0 aromatic heterocycles. The van der Waals surface area contributed by atoms with E-state index in [0.29, 0.717) is 31.8 Å². The van der Waals surface area contributed by atoms with Crippen molar-refractivity contribution in [2.75, 3.05) is 19.6 Å². The fraction of sp³-hybridized carbons (Fsp3) is 0.667. The van der Waals surface area contributed by atoms with Gasteiger partial charge in [0.1, 0.15) is 6.42 Å². The lowest BCUT2D eigenvalue weighted by atomic mass is 9.83. The molecule has 34 heavy (non-hydrogen) atoms. The van der Waals surface area contributed by atoms with Crippen molar-refractivity contribution >= 4 is 5.91 Å². The molecule has 1 aromatic carbocycles. The van der Waals surface area contributed by atoms with Gasteiger partial charge in [-0.3, -0.25) is 4.79 Å². The SMILES string of the molecule is N#CCC(=O)N[C@H]1CC[C@H](CCN2CCC(c3cc(C(F)(F)F)cc(C(F)(F)F)c3)CC2)CC1. The summed E-state index contributed by atoms with van der Waals surface area (Å²) in [5.74, 6) is -0.0382. The van der Waals surface area contributed by atoms with E-state index in [4.69, 9.17) is 5.26 Å². The third kappa shape index (κ3) is 7.36. The van der Waals surface area contributed by atoms with Crippen LogP contribution in [0.4, 0.5) is 26.3 Å². The summed E-state index contributed by atoms with van der Waals surface area (Å²) in [6, 6.07) is 3.86. The van der Waals surface area contributed by atoms with Crippen LogP contribution in [0.25, 0.3) is 0 Å². The van der Waals surface area contributed by atoms with Gasteiger partial charge in [-0.05, 0) is 100 Å². The molecule has 3 rings (SSSR count). The number of nitriles is 1. The van der Waals surface area contributed by atoms with Crippen molar-refractivity contribution < 1.29 is 31.1 Å². The Morgan fingerprint density at radius 3 is 2.00 bits per heavy atom. The maximum absolute atomic E-state index is 13.2. The maximum atomic E-state index is 13.2. The molecule has 1 saturated carbocycles. The van der Waals surface area contributed by atoms with Crippen LogP contribution in [0.5, 0.6) is 0 Å². The molecule has 188 valence electrons. The summed E-state index contributed by atoms with van der Waals surface area (Å²) in [6.45, 7) is 2.13. The summed E-state index contributed by atoms with van der Waals surface area (Å²) in [4.78, 5) is 13.8. The number of carbonyl (C=O) groups excluding carboxylic acids is 1. The first-order valence-corrected chi connectivity index (χ1v) is 11.6. The summed E-state index contributed by atoms with van der Waals surface area (Å²) in [5.41, 5.74) is -2.39. The molecule has 1 amide bonds. The number of likely N-dealkylation sites (tertiary alicyclic amines) is 1. The van der Waals surface area contributed by atoms with Gasteiger partial charge < -0.3 is 10.2 Å². The Kier molecular flexibility index (Phi) is 8.50. The average molecular weight is 490 g/mol. The number of nitrogens with zero attached hydrogens (tertiary/aromatic N) is 2. The van der Waals surface area contributed by atoms with E-state index in [1.807, 2.05) is 6.07 Å². The summed E-state index contributed by atoms with van der Waals surface area (Å²) >= 11 is 0. The number of rotatable bonds is 6. The molecule has 1 N–H and O–H groups in total. The molecule has 0 unspecified atom stereocenters. The van der Waals surface area contributed by atoms with Gasteiger partial charge in [-0.2, -0.15) is 31.6 Å². The monoisotopic (exact) mass is 489 g/mol. The molecule has 2 fully saturated rings. The highest BCUT2D eigenvalue weighted by Gasteiger charge is 2.38. The molecule has 0 bridgehead atoms. The fourth-order valence-corrected chi connectivity index (χ4v) is 5.02. The number of carbonyl (C=O) groups is 1. The highest BCUT2D eigenvalue weighted by atomic mass is 19.4. The fourth-order valence-electron chi connectivity index (χ4n) is 5.02. The molecule has 2 aliphatic rings. The van der Waals surface area contributed by atoms with Crippen molar-refractivity contribution in [2.45, 2.75) is 75.7 Å². The number of amides is 1. The number of piperidine rings is 1. The molecule has 0 spiro atoms. The number of hydrogen-bond acceptors (Lipinski definition) is 3. The van der Waals surface area contributed by atoms with E-state index >= 15 is 0 Å². The van der Waals surface area contributed by atoms with Crippen LogP contribution in [0.2, 0.25) is 0 Å². The maximum Gasteiger partial charge on any atom is 0.416 e. The predicted octanol–water partition coefficient (Wildman–Crippen LogP) is 5.88. The zero-order valence-corrected chi connectivity index (χ0v) is 18.8. The highest BCUT2D eigenvalue weighted by Crippen LogP contribution is 2.39. The van der Waals surface area contributed by atoms with Gasteiger partial charge in [0.25, 0.3) is 0 Å². The summed E-state index contributed by atoms with van der Waals surface area (Å²) in [6.07, 6.45) is -4.03. The van der Waals surface area contributed by atoms with Gasteiger partial charge >= 0.3 is 12.4 Å². The highest BCUT2D eigenvalue weighted by molar-refractivity contribution is 5.78. The number of nitrogens with one attached hydrogen (secondary N) is 1. The Hall–Kier alpha value is -2.28. The molecule has 1 saturated heterocycles. The minimum absolute atomic E-state index is 0.110. The molecule has 1 aromatic rings. The Morgan fingerprint density at radius 1 is 0.941 bits per heavy atom. The van der Waals surface area contributed by atoms with Crippen molar-refractivity contribution in [3.05, 3.63) is 34.9 Å². The first kappa shape index (κ1) is 26.3. The van der Waals surface area contributed by atoms with Crippen LogP contribution >= 0.6 is 0 Å². The summed E-state index contributed by atoms with van der Waals surface area (Å²) < 4.78 is 78.9. The van der Waals surface area contributed by atoms with Crippen LogP contribution < -0.4 is 5.32 Å². The van der Waals surface area contributed by atoms with Gasteiger partial charge in [0.15, 0.2) is 0 Å². The summed E-state index contributed by atoms with van der Waals surface area (Å²) in [7, 11) is 0. The second kappa shape index (κ2) is 11.0. The largest absolute Gasteiger partial charge is 0.416 e. The van der Waals surface area contributed by atoms with E-state index in [1.165, 1.54) is 0 Å². The van der Waals surface area contributed by atoms with Crippen LogP contribution in [0.1, 0.15) is 74.0 Å². The van der Waals surface area contributed by atoms with Gasteiger partial charge in [-0.1, -0.05) is 0 Å². The molecule has 1 aliphatic heterocycles. The van der Waals surface area contributed by atoms with E-state index in [2.05, 4.69) is 10.2 Å². The number of hydrogen-bond donors (Lipinski definition) is 1. The van der Waals surface area contributed by atoms with Crippen molar-refractivity contribution in [2.24, 2.45) is 5.92 Å². The molecule has 1 aliphatic carbocycles. The second-order valence-corrected chi connectivity index (χ2v) is 9.36. The van der Waals surface area contributed by atoms with E-state index in [0.717, 1.165) is 50.8 Å². The molecule has 0 atom stereocenters. The van der Waals surface area contributed by atoms with Gasteiger partial charge in [-0.15, -0.1) is 0 Å². The van der Waals surface area contributed by atoms with E-state index in [9.17, 15) is 31.1 Å². The van der Waals surface area contributed by atoms with Gasteiger partial charge in [0.05, 0.1) is 17.2 Å². The predicted molar refractivity (Wildman–Crippen MR) is 114 cm³/mol. The topological polar surface area (TPSA) is 56.1 Å². The zero-order chi connectivity index (χ0) is 24.9. The normalized spacial score (nSPS) is 22.9. The summed E-state index contributed by atoms with van der Waals surface area (Å²) in [5, 5.41) is 11.4. The first-order valence-electron chi connectivity index (χ1n) is 11.6. The smallest absolute Gasteiger partial charge is 0.352 e. The Morgan fingerprint density at radius 2 is 1.50 bits per heavy atom. The Balaban J connectivity index is 1.48. The second-order valence-electron chi connectivity index (χ2n) is 9.36. The van der Waals surface area contributed by atoms with Crippen molar-refractivity contribution in [3.8, 4) is 6.07 Å². The van der Waals surface area contributed by atoms with Crippen molar-refractivity contribution in [1.29, 1.82) is 5.26 Å². The standard InChI is InChI=1S/C24H29F6N3O/c25-23(26,27)19-13-18(14-20(15-19)24(28,29)30)17-7-11-33(12-8-17)10-6-16-1-3-21(4-2-16)32-22(34)5-9-31/h13-17,21H,1-8,10-12H2,(H,32,34)/t16-,21-. The van der Waals surface area contributed by atoms with Crippen LogP contribution in [0, 0.1) is 17.2 Å². The average Bonchev–Trinajstić information content (AvgIpc) is 2.78. The molecule has 1 heterocycles. The number of halogens is 6. The molecule has 0 radical (unpaired) electrons. The lowest BCUT2D eigenvalue weighted by molar-refractivity contribution is -0.143. The van der Waals surface area contributed by atoms with Gasteiger partial charge in [0, 0.05) is 6.04 Å². The molecule has 4 nitrogen and oxygen atoms in total. The Labute approximate surface area is 195 Å².